The second-order valence-corrected chi connectivity index (χ2v) is 9.41. The first-order valence-corrected chi connectivity index (χ1v) is 11.0. The van der Waals surface area contributed by atoms with Gasteiger partial charge in [-0.2, -0.15) is 4.31 Å². The Kier molecular flexibility index (Phi) is 6.00. The van der Waals surface area contributed by atoms with Crippen molar-refractivity contribution in [2.75, 3.05) is 57.2 Å². The average molecular weight is 420 g/mol. The molecule has 158 valence electrons. The lowest BCUT2D eigenvalue weighted by molar-refractivity contribution is 0.382. The maximum absolute atomic E-state index is 13.2. The summed E-state index contributed by atoms with van der Waals surface area (Å²) in [6.45, 7) is 7.55. The predicted molar refractivity (Wildman–Crippen MR) is 115 cm³/mol. The van der Waals surface area contributed by atoms with Gasteiger partial charge in [-0.15, -0.1) is 0 Å². The molecule has 29 heavy (non-hydrogen) atoms. The zero-order valence-corrected chi connectivity index (χ0v) is 18.7. The Morgan fingerprint density at radius 2 is 1.62 bits per heavy atom. The van der Waals surface area contributed by atoms with E-state index in [0.29, 0.717) is 42.6 Å². The summed E-state index contributed by atoms with van der Waals surface area (Å²) in [5.74, 6) is 2.94. The Labute approximate surface area is 173 Å². The van der Waals surface area contributed by atoms with E-state index in [1.54, 1.807) is 17.5 Å². The Morgan fingerprint density at radius 1 is 0.966 bits per heavy atom. The summed E-state index contributed by atoms with van der Waals surface area (Å²) in [5.41, 5.74) is 1.65. The molecule has 0 amide bonds. The van der Waals surface area contributed by atoms with Crippen molar-refractivity contribution < 1.29 is 13.2 Å². The van der Waals surface area contributed by atoms with E-state index in [1.807, 2.05) is 51.9 Å². The summed E-state index contributed by atoms with van der Waals surface area (Å²) >= 11 is 0. The highest BCUT2D eigenvalue weighted by atomic mass is 32.2. The minimum Gasteiger partial charge on any atom is -0.496 e. The SMILES string of the molecule is COc1cc(S(=O)(=O)N2CCN(c3cc(N(C)C)nc(C)n3)CC2)c(C)cc1C. The standard InChI is InChI=1S/C20H29N5O3S/c1-14-11-15(2)18(12-17(14)28-6)29(26,27)25-9-7-24(8-10-25)20-13-19(23(4)5)21-16(3)22-20/h11-13H,7-10H2,1-6H3. The van der Waals surface area contributed by atoms with Crippen molar-refractivity contribution in [3.05, 3.63) is 35.2 Å². The van der Waals surface area contributed by atoms with Crippen molar-refractivity contribution in [1.29, 1.82) is 0 Å². The first kappa shape index (κ1) is 21.3. The molecule has 1 saturated heterocycles. The van der Waals surface area contributed by atoms with Gasteiger partial charge in [0, 0.05) is 52.4 Å². The topological polar surface area (TPSA) is 78.9 Å². The van der Waals surface area contributed by atoms with Gasteiger partial charge in [-0.3, -0.25) is 0 Å². The molecule has 0 aliphatic carbocycles. The van der Waals surface area contributed by atoms with Gasteiger partial charge in [0.15, 0.2) is 0 Å². The number of piperazine rings is 1. The number of ether oxygens (including phenoxy) is 1. The number of nitrogens with zero attached hydrogens (tertiary/aromatic N) is 5. The van der Waals surface area contributed by atoms with Crippen LogP contribution in [0.1, 0.15) is 17.0 Å². The summed E-state index contributed by atoms with van der Waals surface area (Å²) in [6.07, 6.45) is 0. The van der Waals surface area contributed by atoms with Crippen molar-refractivity contribution in [3.8, 4) is 5.75 Å². The zero-order valence-electron chi connectivity index (χ0n) is 17.9. The van der Waals surface area contributed by atoms with E-state index in [4.69, 9.17) is 4.74 Å². The third kappa shape index (κ3) is 4.30. The van der Waals surface area contributed by atoms with E-state index < -0.39 is 10.0 Å². The van der Waals surface area contributed by atoms with Gasteiger partial charge in [0.05, 0.1) is 12.0 Å². The van der Waals surface area contributed by atoms with E-state index in [0.717, 1.165) is 22.8 Å². The van der Waals surface area contributed by atoms with Crippen LogP contribution in [0.2, 0.25) is 0 Å². The van der Waals surface area contributed by atoms with E-state index >= 15 is 0 Å². The molecule has 1 aromatic heterocycles. The second kappa shape index (κ2) is 8.16. The van der Waals surface area contributed by atoms with E-state index in [-0.39, 0.29) is 0 Å². The highest BCUT2D eigenvalue weighted by Crippen LogP contribution is 2.29. The Hall–Kier alpha value is -2.39. The zero-order chi connectivity index (χ0) is 21.3. The lowest BCUT2D eigenvalue weighted by Crippen LogP contribution is -2.49. The van der Waals surface area contributed by atoms with Crippen LogP contribution >= 0.6 is 0 Å². The van der Waals surface area contributed by atoms with Gasteiger partial charge in [-0.1, -0.05) is 6.07 Å². The van der Waals surface area contributed by atoms with Gasteiger partial charge in [0.2, 0.25) is 10.0 Å². The summed E-state index contributed by atoms with van der Waals surface area (Å²) in [4.78, 5) is 13.3. The molecule has 9 heteroatoms. The van der Waals surface area contributed by atoms with Crippen LogP contribution in [-0.4, -0.2) is 70.1 Å². The van der Waals surface area contributed by atoms with E-state index in [2.05, 4.69) is 14.9 Å². The Bertz CT molecular complexity index is 999. The fourth-order valence-corrected chi connectivity index (χ4v) is 5.18. The van der Waals surface area contributed by atoms with Crippen molar-refractivity contribution >= 4 is 21.7 Å². The van der Waals surface area contributed by atoms with Crippen LogP contribution in [0.25, 0.3) is 0 Å². The normalized spacial score (nSPS) is 15.4. The summed E-state index contributed by atoms with van der Waals surface area (Å²) in [6, 6.07) is 5.42. The average Bonchev–Trinajstić information content (AvgIpc) is 2.67. The van der Waals surface area contributed by atoms with Gasteiger partial charge >= 0.3 is 0 Å². The van der Waals surface area contributed by atoms with E-state index in [9.17, 15) is 8.42 Å². The fraction of sp³-hybridized carbons (Fsp3) is 0.500. The number of rotatable bonds is 5. The van der Waals surface area contributed by atoms with Crippen LogP contribution < -0.4 is 14.5 Å². The van der Waals surface area contributed by atoms with Gasteiger partial charge in [-0.25, -0.2) is 18.4 Å². The number of hydrogen-bond donors (Lipinski definition) is 0. The minimum absolute atomic E-state index is 0.307. The number of benzene rings is 1. The lowest BCUT2D eigenvalue weighted by atomic mass is 10.1. The molecule has 1 aliphatic rings. The van der Waals surface area contributed by atoms with Crippen LogP contribution in [0.15, 0.2) is 23.1 Å². The molecule has 2 heterocycles. The molecule has 1 fully saturated rings. The van der Waals surface area contributed by atoms with Crippen LogP contribution in [0.3, 0.4) is 0 Å². The van der Waals surface area contributed by atoms with Crippen molar-refractivity contribution in [2.24, 2.45) is 0 Å². The van der Waals surface area contributed by atoms with Crippen LogP contribution in [0.5, 0.6) is 5.75 Å². The second-order valence-electron chi connectivity index (χ2n) is 7.50. The number of aromatic nitrogens is 2. The Balaban J connectivity index is 1.80. The minimum atomic E-state index is -3.59. The monoisotopic (exact) mass is 419 g/mol. The predicted octanol–water partition coefficient (Wildman–Crippen LogP) is 1.99. The summed E-state index contributed by atoms with van der Waals surface area (Å²) in [5, 5.41) is 0. The largest absolute Gasteiger partial charge is 0.496 e. The summed E-state index contributed by atoms with van der Waals surface area (Å²) < 4.78 is 33.4. The van der Waals surface area contributed by atoms with Crippen LogP contribution in [0.4, 0.5) is 11.6 Å². The van der Waals surface area contributed by atoms with Gasteiger partial charge in [0.1, 0.15) is 23.2 Å². The molecular formula is C20H29N5O3S. The fourth-order valence-electron chi connectivity index (χ4n) is 3.54. The lowest BCUT2D eigenvalue weighted by Gasteiger charge is -2.35. The quantitative estimate of drug-likeness (QED) is 0.733. The molecule has 0 N–H and O–H groups in total. The molecule has 0 spiro atoms. The van der Waals surface area contributed by atoms with Crippen LogP contribution in [0, 0.1) is 20.8 Å². The smallest absolute Gasteiger partial charge is 0.243 e. The van der Waals surface area contributed by atoms with Crippen molar-refractivity contribution in [1.82, 2.24) is 14.3 Å². The molecule has 1 aliphatic heterocycles. The Morgan fingerprint density at radius 3 is 2.21 bits per heavy atom. The van der Waals surface area contributed by atoms with Gasteiger partial charge < -0.3 is 14.5 Å². The number of methoxy groups -OCH3 is 1. The third-order valence-electron chi connectivity index (χ3n) is 5.14. The number of anilines is 2. The molecule has 8 nitrogen and oxygen atoms in total. The molecule has 0 bridgehead atoms. The molecule has 0 saturated carbocycles. The molecule has 2 aromatic rings. The maximum atomic E-state index is 13.2. The molecule has 3 rings (SSSR count). The third-order valence-corrected chi connectivity index (χ3v) is 7.18. The maximum Gasteiger partial charge on any atom is 0.243 e. The van der Waals surface area contributed by atoms with Crippen molar-refractivity contribution in [3.63, 3.8) is 0 Å². The molecule has 1 aromatic carbocycles. The number of hydrogen-bond acceptors (Lipinski definition) is 7. The van der Waals surface area contributed by atoms with Gasteiger partial charge in [0.25, 0.3) is 0 Å². The number of sulfonamides is 1. The first-order valence-electron chi connectivity index (χ1n) is 9.57. The molecule has 0 atom stereocenters. The van der Waals surface area contributed by atoms with Crippen molar-refractivity contribution in [2.45, 2.75) is 25.7 Å². The van der Waals surface area contributed by atoms with Crippen LogP contribution in [-0.2, 0) is 10.0 Å². The molecule has 0 unspecified atom stereocenters. The molecular weight excluding hydrogens is 390 g/mol. The van der Waals surface area contributed by atoms with E-state index in [1.165, 1.54) is 0 Å². The highest BCUT2D eigenvalue weighted by molar-refractivity contribution is 7.89. The first-order chi connectivity index (χ1) is 13.6. The highest BCUT2D eigenvalue weighted by Gasteiger charge is 2.31. The summed E-state index contributed by atoms with van der Waals surface area (Å²) in [7, 11) is 1.84. The number of aryl methyl sites for hydroxylation is 3. The molecule has 0 radical (unpaired) electrons. The van der Waals surface area contributed by atoms with Gasteiger partial charge in [-0.05, 0) is 31.9 Å².